The molecule has 1 aromatic carbocycles. The highest BCUT2D eigenvalue weighted by Crippen LogP contribution is 2.36. The van der Waals surface area contributed by atoms with Crippen molar-refractivity contribution in [2.24, 2.45) is 11.8 Å². The number of allylic oxidation sites excluding steroid dienone is 3. The van der Waals surface area contributed by atoms with Gasteiger partial charge in [-0.05, 0) is 24.5 Å². The third-order valence-corrected chi connectivity index (χ3v) is 7.26. The molecular formula is C28H28F3N7O2. The van der Waals surface area contributed by atoms with Gasteiger partial charge < -0.3 is 16.0 Å². The van der Waals surface area contributed by atoms with E-state index in [4.69, 9.17) is 10.8 Å². The van der Waals surface area contributed by atoms with Crippen molar-refractivity contribution in [1.82, 2.24) is 30.0 Å². The zero-order chi connectivity index (χ0) is 28.4. The summed E-state index contributed by atoms with van der Waals surface area (Å²) >= 11 is 0. The molecule has 0 radical (unpaired) electrons. The van der Waals surface area contributed by atoms with E-state index in [1.807, 2.05) is 0 Å². The maximum absolute atomic E-state index is 13.3. The minimum absolute atomic E-state index is 0.0629. The molecule has 1 aliphatic heterocycles. The van der Waals surface area contributed by atoms with Gasteiger partial charge in [0.15, 0.2) is 5.65 Å². The fraction of sp³-hybridized carbons (Fsp3) is 0.321. The number of aromatic nitrogens is 4. The number of hydrogen-bond acceptors (Lipinski definition) is 6. The molecule has 208 valence electrons. The number of likely N-dealkylation sites (tertiary alicyclic amines) is 1. The van der Waals surface area contributed by atoms with E-state index in [1.54, 1.807) is 33.8 Å². The molecule has 3 aromatic rings. The second-order valence-electron chi connectivity index (χ2n) is 9.81. The van der Waals surface area contributed by atoms with E-state index >= 15 is 0 Å². The SMILES string of the molecule is C=CC(=O)N1CCC[C@@H](n2nc(-c3ccc(CNC(=O)C4C=CC=CC4C(F)(F)F)cc3)c3c(N)ncnc32)C1. The number of benzene rings is 1. The van der Waals surface area contributed by atoms with Crippen LogP contribution in [0.3, 0.4) is 0 Å². The third-order valence-electron chi connectivity index (χ3n) is 7.26. The van der Waals surface area contributed by atoms with Crippen molar-refractivity contribution in [3.05, 3.63) is 73.1 Å². The fourth-order valence-electron chi connectivity index (χ4n) is 5.19. The second kappa shape index (κ2) is 10.9. The Kier molecular flexibility index (Phi) is 7.42. The summed E-state index contributed by atoms with van der Waals surface area (Å²) in [4.78, 5) is 35.1. The van der Waals surface area contributed by atoms with Crippen molar-refractivity contribution in [2.45, 2.75) is 31.6 Å². The second-order valence-corrected chi connectivity index (χ2v) is 9.81. The molecule has 40 heavy (non-hydrogen) atoms. The Morgan fingerprint density at radius 1 is 1.15 bits per heavy atom. The monoisotopic (exact) mass is 551 g/mol. The standard InChI is InChI=1S/C28H28F3N7O2/c1-2-22(39)37-13-5-6-19(15-37)38-26-23(25(32)34-16-35-26)24(36-38)18-11-9-17(10-12-18)14-33-27(40)20-7-3-4-8-21(20)28(29,30)31/h2-4,7-12,16,19-21H,1,5-6,13-15H2,(H,33,40)(H2,32,34,35)/t19-,20?,21?/m1/s1. The fourth-order valence-corrected chi connectivity index (χ4v) is 5.19. The van der Waals surface area contributed by atoms with Crippen LogP contribution in [0.4, 0.5) is 19.0 Å². The van der Waals surface area contributed by atoms with Gasteiger partial charge in [-0.2, -0.15) is 18.3 Å². The van der Waals surface area contributed by atoms with Crippen LogP contribution in [-0.4, -0.2) is 55.7 Å². The predicted molar refractivity (Wildman–Crippen MR) is 143 cm³/mol. The predicted octanol–water partition coefficient (Wildman–Crippen LogP) is 3.96. The molecule has 0 saturated carbocycles. The minimum Gasteiger partial charge on any atom is -0.383 e. The van der Waals surface area contributed by atoms with Crippen LogP contribution in [0.2, 0.25) is 0 Å². The summed E-state index contributed by atoms with van der Waals surface area (Å²) in [5.74, 6) is -3.74. The molecule has 3 N–H and O–H groups in total. The van der Waals surface area contributed by atoms with Gasteiger partial charge in [-0.25, -0.2) is 14.6 Å². The molecule has 9 nitrogen and oxygen atoms in total. The molecule has 5 rings (SSSR count). The first kappa shape index (κ1) is 27.1. The topological polar surface area (TPSA) is 119 Å². The number of halogens is 3. The highest BCUT2D eigenvalue weighted by molar-refractivity contribution is 5.98. The summed E-state index contributed by atoms with van der Waals surface area (Å²) in [5, 5.41) is 8.04. The summed E-state index contributed by atoms with van der Waals surface area (Å²) in [7, 11) is 0. The van der Waals surface area contributed by atoms with Gasteiger partial charge in [-0.15, -0.1) is 0 Å². The molecule has 12 heteroatoms. The maximum Gasteiger partial charge on any atom is 0.396 e. The lowest BCUT2D eigenvalue weighted by Crippen LogP contribution is -2.40. The number of nitrogens with two attached hydrogens (primary N) is 1. The lowest BCUT2D eigenvalue weighted by Gasteiger charge is -2.32. The Morgan fingerprint density at radius 2 is 1.90 bits per heavy atom. The Balaban J connectivity index is 1.35. The number of piperidine rings is 1. The van der Waals surface area contributed by atoms with Gasteiger partial charge in [0.25, 0.3) is 0 Å². The molecular weight excluding hydrogens is 523 g/mol. The number of fused-ring (bicyclic) bond motifs is 1. The number of rotatable bonds is 6. The average Bonchev–Trinajstić information content (AvgIpc) is 3.36. The number of carbonyl (C=O) groups excluding carboxylic acids is 2. The number of nitrogens with zero attached hydrogens (tertiary/aromatic N) is 5. The lowest BCUT2D eigenvalue weighted by molar-refractivity contribution is -0.174. The highest BCUT2D eigenvalue weighted by atomic mass is 19.4. The summed E-state index contributed by atoms with van der Waals surface area (Å²) in [6.45, 7) is 4.75. The van der Waals surface area contributed by atoms with Gasteiger partial charge in [-0.1, -0.05) is 55.1 Å². The van der Waals surface area contributed by atoms with Crippen LogP contribution < -0.4 is 11.1 Å². The molecule has 3 heterocycles. The van der Waals surface area contributed by atoms with Crippen LogP contribution in [0, 0.1) is 11.8 Å². The third kappa shape index (κ3) is 5.33. The minimum atomic E-state index is -4.51. The summed E-state index contributed by atoms with van der Waals surface area (Å²) < 4.78 is 41.8. The number of alkyl halides is 3. The number of anilines is 1. The number of nitrogens with one attached hydrogen (secondary N) is 1. The molecule has 0 spiro atoms. The molecule has 1 aliphatic carbocycles. The maximum atomic E-state index is 13.3. The van der Waals surface area contributed by atoms with Crippen molar-refractivity contribution >= 4 is 28.7 Å². The summed E-state index contributed by atoms with van der Waals surface area (Å²) in [5.41, 5.74) is 8.80. The first-order valence-electron chi connectivity index (χ1n) is 12.9. The lowest BCUT2D eigenvalue weighted by atomic mass is 9.87. The Bertz CT molecular complexity index is 1490. The van der Waals surface area contributed by atoms with Crippen LogP contribution in [0.15, 0.2) is 67.6 Å². The van der Waals surface area contributed by atoms with Crippen LogP contribution in [0.5, 0.6) is 0 Å². The van der Waals surface area contributed by atoms with Crippen molar-refractivity contribution < 1.29 is 22.8 Å². The van der Waals surface area contributed by atoms with E-state index in [9.17, 15) is 22.8 Å². The molecule has 2 aliphatic rings. The molecule has 2 amide bonds. The highest BCUT2D eigenvalue weighted by Gasteiger charge is 2.45. The molecule has 2 aromatic heterocycles. The Hall–Kier alpha value is -4.48. The van der Waals surface area contributed by atoms with E-state index in [0.717, 1.165) is 24.5 Å². The van der Waals surface area contributed by atoms with Gasteiger partial charge in [0.1, 0.15) is 17.8 Å². The van der Waals surface area contributed by atoms with Gasteiger partial charge in [0.05, 0.1) is 23.3 Å². The molecule has 1 fully saturated rings. The van der Waals surface area contributed by atoms with Crippen LogP contribution in [-0.2, 0) is 16.1 Å². The number of amides is 2. The van der Waals surface area contributed by atoms with Gasteiger partial charge in [0.2, 0.25) is 11.8 Å². The van der Waals surface area contributed by atoms with Crippen molar-refractivity contribution in [3.63, 3.8) is 0 Å². The number of hydrogen-bond donors (Lipinski definition) is 2. The quantitative estimate of drug-likeness (QED) is 0.448. The van der Waals surface area contributed by atoms with Crippen LogP contribution in [0.25, 0.3) is 22.3 Å². The first-order valence-corrected chi connectivity index (χ1v) is 12.9. The van der Waals surface area contributed by atoms with Crippen molar-refractivity contribution in [2.75, 3.05) is 18.8 Å². The van der Waals surface area contributed by atoms with E-state index in [1.165, 1.54) is 30.6 Å². The average molecular weight is 552 g/mol. The zero-order valence-corrected chi connectivity index (χ0v) is 21.5. The molecule has 1 saturated heterocycles. The first-order chi connectivity index (χ1) is 19.2. The zero-order valence-electron chi connectivity index (χ0n) is 21.5. The van der Waals surface area contributed by atoms with E-state index < -0.39 is 23.9 Å². The van der Waals surface area contributed by atoms with Crippen LogP contribution >= 0.6 is 0 Å². The number of carbonyl (C=O) groups is 2. The summed E-state index contributed by atoms with van der Waals surface area (Å²) in [6.07, 6.45) is 4.79. The molecule has 3 atom stereocenters. The molecule has 2 unspecified atom stereocenters. The van der Waals surface area contributed by atoms with Crippen LogP contribution in [0.1, 0.15) is 24.4 Å². The van der Waals surface area contributed by atoms with Gasteiger partial charge in [-0.3, -0.25) is 9.59 Å². The molecule has 0 bridgehead atoms. The van der Waals surface area contributed by atoms with Crippen molar-refractivity contribution in [1.29, 1.82) is 0 Å². The van der Waals surface area contributed by atoms with E-state index in [2.05, 4.69) is 21.9 Å². The van der Waals surface area contributed by atoms with Gasteiger partial charge in [0, 0.05) is 25.2 Å². The smallest absolute Gasteiger partial charge is 0.383 e. The van der Waals surface area contributed by atoms with E-state index in [0.29, 0.717) is 35.4 Å². The number of nitrogen functional groups attached to an aromatic ring is 1. The summed E-state index contributed by atoms with van der Waals surface area (Å²) in [6, 6.07) is 7.03. The van der Waals surface area contributed by atoms with Gasteiger partial charge >= 0.3 is 6.18 Å². The van der Waals surface area contributed by atoms with E-state index in [-0.39, 0.29) is 24.3 Å². The normalized spacial score (nSPS) is 21.0. The Morgan fingerprint density at radius 3 is 2.62 bits per heavy atom. The van der Waals surface area contributed by atoms with Crippen molar-refractivity contribution in [3.8, 4) is 11.3 Å². The Labute approximate surface area is 228 Å². The largest absolute Gasteiger partial charge is 0.396 e.